The Morgan fingerprint density at radius 2 is 1.52 bits per heavy atom. The predicted molar refractivity (Wildman–Crippen MR) is 94.6 cm³/mol. The molecular formula is C19H20N2O4. The Labute approximate surface area is 145 Å². The number of carboxylic acid groups (broad SMARTS) is 1. The maximum Gasteiger partial charge on any atom is 0.335 e. The summed E-state index contributed by atoms with van der Waals surface area (Å²) in [6, 6.07) is 12.9. The van der Waals surface area contributed by atoms with E-state index in [1.807, 2.05) is 6.92 Å². The zero-order valence-corrected chi connectivity index (χ0v) is 13.9. The minimum Gasteiger partial charge on any atom is -0.478 e. The minimum absolute atomic E-state index is 0.00845. The molecular weight excluding hydrogens is 320 g/mol. The SMILES string of the molecule is CCCC(=O)NCc1ccc(C(=O)Nc2ccc(C(=O)O)cc2)cc1. The number of rotatable bonds is 7. The van der Waals surface area contributed by atoms with Crippen molar-refractivity contribution in [3.05, 3.63) is 65.2 Å². The molecule has 6 heteroatoms. The molecule has 2 rings (SSSR count). The monoisotopic (exact) mass is 340 g/mol. The van der Waals surface area contributed by atoms with Crippen molar-refractivity contribution in [3.63, 3.8) is 0 Å². The lowest BCUT2D eigenvalue weighted by Crippen LogP contribution is -2.22. The van der Waals surface area contributed by atoms with Gasteiger partial charge in [0.1, 0.15) is 0 Å². The summed E-state index contributed by atoms with van der Waals surface area (Å²) in [4.78, 5) is 34.5. The van der Waals surface area contributed by atoms with Gasteiger partial charge in [-0.2, -0.15) is 0 Å². The first-order valence-corrected chi connectivity index (χ1v) is 8.00. The van der Waals surface area contributed by atoms with E-state index in [-0.39, 0.29) is 17.4 Å². The first-order chi connectivity index (χ1) is 12.0. The van der Waals surface area contributed by atoms with Crippen molar-refractivity contribution < 1.29 is 19.5 Å². The van der Waals surface area contributed by atoms with Gasteiger partial charge in [0.15, 0.2) is 0 Å². The van der Waals surface area contributed by atoms with Crippen molar-refractivity contribution in [2.45, 2.75) is 26.3 Å². The highest BCUT2D eigenvalue weighted by Crippen LogP contribution is 2.12. The van der Waals surface area contributed by atoms with E-state index < -0.39 is 5.97 Å². The number of amides is 2. The molecule has 0 saturated carbocycles. The van der Waals surface area contributed by atoms with Crippen LogP contribution in [0.2, 0.25) is 0 Å². The van der Waals surface area contributed by atoms with Gasteiger partial charge in [0.2, 0.25) is 5.91 Å². The lowest BCUT2D eigenvalue weighted by atomic mass is 10.1. The minimum atomic E-state index is -1.01. The largest absolute Gasteiger partial charge is 0.478 e. The third-order valence-electron chi connectivity index (χ3n) is 3.57. The molecule has 0 aromatic heterocycles. The molecule has 0 radical (unpaired) electrons. The van der Waals surface area contributed by atoms with Gasteiger partial charge in [-0.15, -0.1) is 0 Å². The molecule has 25 heavy (non-hydrogen) atoms. The van der Waals surface area contributed by atoms with Crippen molar-refractivity contribution >= 4 is 23.5 Å². The quantitative estimate of drug-likeness (QED) is 0.722. The Balaban J connectivity index is 1.93. The van der Waals surface area contributed by atoms with Crippen LogP contribution in [-0.4, -0.2) is 22.9 Å². The van der Waals surface area contributed by atoms with Crippen molar-refractivity contribution in [2.24, 2.45) is 0 Å². The van der Waals surface area contributed by atoms with Gasteiger partial charge in [0.05, 0.1) is 5.56 Å². The van der Waals surface area contributed by atoms with E-state index in [1.165, 1.54) is 12.1 Å². The molecule has 3 N–H and O–H groups in total. The summed E-state index contributed by atoms with van der Waals surface area (Å²) in [7, 11) is 0. The van der Waals surface area contributed by atoms with Crippen molar-refractivity contribution in [2.75, 3.05) is 5.32 Å². The molecule has 0 aliphatic rings. The third kappa shape index (κ3) is 5.46. The molecule has 0 unspecified atom stereocenters. The van der Waals surface area contributed by atoms with Gasteiger partial charge in [-0.05, 0) is 48.4 Å². The van der Waals surface area contributed by atoms with Crippen LogP contribution in [0.15, 0.2) is 48.5 Å². The second kappa shape index (κ2) is 8.63. The number of nitrogens with one attached hydrogen (secondary N) is 2. The number of carboxylic acids is 1. The Kier molecular flexibility index (Phi) is 6.28. The van der Waals surface area contributed by atoms with E-state index in [4.69, 9.17) is 5.11 Å². The first-order valence-electron chi connectivity index (χ1n) is 8.00. The molecule has 0 atom stereocenters. The Morgan fingerprint density at radius 3 is 2.08 bits per heavy atom. The summed E-state index contributed by atoms with van der Waals surface area (Å²) in [6.07, 6.45) is 1.31. The number of hydrogen-bond acceptors (Lipinski definition) is 3. The normalized spacial score (nSPS) is 10.1. The highest BCUT2D eigenvalue weighted by molar-refractivity contribution is 6.04. The van der Waals surface area contributed by atoms with Gasteiger partial charge in [0, 0.05) is 24.2 Å². The number of carbonyl (C=O) groups is 3. The lowest BCUT2D eigenvalue weighted by Gasteiger charge is -2.08. The Hall–Kier alpha value is -3.15. The highest BCUT2D eigenvalue weighted by Gasteiger charge is 2.08. The van der Waals surface area contributed by atoms with Crippen LogP contribution in [0.25, 0.3) is 0 Å². The molecule has 0 spiro atoms. The van der Waals surface area contributed by atoms with Crippen LogP contribution >= 0.6 is 0 Å². The number of carbonyl (C=O) groups excluding carboxylic acids is 2. The van der Waals surface area contributed by atoms with Gasteiger partial charge < -0.3 is 15.7 Å². The molecule has 0 aliphatic heterocycles. The van der Waals surface area contributed by atoms with Crippen LogP contribution in [0, 0.1) is 0 Å². The summed E-state index contributed by atoms with van der Waals surface area (Å²) in [5.74, 6) is -1.29. The van der Waals surface area contributed by atoms with Crippen molar-refractivity contribution in [1.29, 1.82) is 0 Å². The molecule has 2 aromatic carbocycles. The van der Waals surface area contributed by atoms with E-state index in [9.17, 15) is 14.4 Å². The van der Waals surface area contributed by atoms with Gasteiger partial charge in [-0.3, -0.25) is 9.59 Å². The van der Waals surface area contributed by atoms with Crippen LogP contribution < -0.4 is 10.6 Å². The average Bonchev–Trinajstić information content (AvgIpc) is 2.61. The molecule has 130 valence electrons. The predicted octanol–water partition coefficient (Wildman–Crippen LogP) is 3.05. The average molecular weight is 340 g/mol. The molecule has 0 aliphatic carbocycles. The zero-order valence-electron chi connectivity index (χ0n) is 13.9. The van der Waals surface area contributed by atoms with Gasteiger partial charge in [-0.25, -0.2) is 4.79 Å². The topological polar surface area (TPSA) is 95.5 Å². The van der Waals surface area contributed by atoms with Crippen LogP contribution in [-0.2, 0) is 11.3 Å². The maximum atomic E-state index is 12.2. The van der Waals surface area contributed by atoms with Gasteiger partial charge in [0.25, 0.3) is 5.91 Å². The molecule has 2 amide bonds. The fraction of sp³-hybridized carbons (Fsp3) is 0.211. The smallest absolute Gasteiger partial charge is 0.335 e. The van der Waals surface area contributed by atoms with Crippen LogP contribution in [0.5, 0.6) is 0 Å². The Bertz CT molecular complexity index is 752. The van der Waals surface area contributed by atoms with E-state index >= 15 is 0 Å². The second-order valence-electron chi connectivity index (χ2n) is 5.56. The first kappa shape index (κ1) is 18.2. The summed E-state index contributed by atoms with van der Waals surface area (Å²) < 4.78 is 0. The fourth-order valence-corrected chi connectivity index (χ4v) is 2.19. The standard InChI is InChI=1S/C19H20N2O4/c1-2-3-17(22)20-12-13-4-6-14(7-5-13)18(23)21-16-10-8-15(9-11-16)19(24)25/h4-11H,2-3,12H2,1H3,(H,20,22)(H,21,23)(H,24,25). The molecule has 6 nitrogen and oxygen atoms in total. The van der Waals surface area contributed by atoms with Crippen LogP contribution in [0.1, 0.15) is 46.0 Å². The van der Waals surface area contributed by atoms with E-state index in [0.29, 0.717) is 24.2 Å². The number of anilines is 1. The molecule has 0 fully saturated rings. The fourth-order valence-electron chi connectivity index (χ4n) is 2.19. The number of hydrogen-bond donors (Lipinski definition) is 3. The van der Waals surface area contributed by atoms with E-state index in [1.54, 1.807) is 36.4 Å². The molecule has 0 saturated heterocycles. The molecule has 2 aromatic rings. The molecule has 0 bridgehead atoms. The lowest BCUT2D eigenvalue weighted by molar-refractivity contribution is -0.121. The summed E-state index contributed by atoms with van der Waals surface area (Å²) in [5, 5.41) is 14.4. The summed E-state index contributed by atoms with van der Waals surface area (Å²) in [5.41, 5.74) is 2.07. The number of benzene rings is 2. The van der Waals surface area contributed by atoms with Crippen molar-refractivity contribution in [3.8, 4) is 0 Å². The van der Waals surface area contributed by atoms with E-state index in [0.717, 1.165) is 12.0 Å². The molecule has 0 heterocycles. The summed E-state index contributed by atoms with van der Waals surface area (Å²) >= 11 is 0. The van der Waals surface area contributed by atoms with E-state index in [2.05, 4.69) is 10.6 Å². The van der Waals surface area contributed by atoms with Crippen molar-refractivity contribution in [1.82, 2.24) is 5.32 Å². The second-order valence-corrected chi connectivity index (χ2v) is 5.56. The van der Waals surface area contributed by atoms with Gasteiger partial charge >= 0.3 is 5.97 Å². The van der Waals surface area contributed by atoms with Crippen LogP contribution in [0.3, 0.4) is 0 Å². The zero-order chi connectivity index (χ0) is 18.2. The summed E-state index contributed by atoms with van der Waals surface area (Å²) in [6.45, 7) is 2.37. The Morgan fingerprint density at radius 1 is 0.920 bits per heavy atom. The van der Waals surface area contributed by atoms with Crippen LogP contribution in [0.4, 0.5) is 5.69 Å². The highest BCUT2D eigenvalue weighted by atomic mass is 16.4. The third-order valence-corrected chi connectivity index (χ3v) is 3.57. The number of aromatic carboxylic acids is 1. The maximum absolute atomic E-state index is 12.2. The van der Waals surface area contributed by atoms with Gasteiger partial charge in [-0.1, -0.05) is 19.1 Å².